The second-order valence-corrected chi connectivity index (χ2v) is 7.66. The van der Waals surface area contributed by atoms with Crippen molar-refractivity contribution >= 4 is 11.8 Å². The van der Waals surface area contributed by atoms with Crippen LogP contribution in [-0.2, 0) is 38.7 Å². The van der Waals surface area contributed by atoms with Gasteiger partial charge in [-0.15, -0.1) is 0 Å². The number of amides is 2. The monoisotopic (exact) mass is 376 g/mol. The van der Waals surface area contributed by atoms with Gasteiger partial charge in [-0.3, -0.25) is 14.3 Å². The van der Waals surface area contributed by atoms with Crippen molar-refractivity contribution in [3.05, 3.63) is 17.5 Å². The number of nitrogens with zero attached hydrogens (tertiary/aromatic N) is 3. The Bertz CT molecular complexity index is 679. The van der Waals surface area contributed by atoms with E-state index in [1.54, 1.807) is 0 Å². The molecular formula is C19H28N4O4. The zero-order valence-corrected chi connectivity index (χ0v) is 15.7. The minimum absolute atomic E-state index is 0.000262. The number of carbonyl (C=O) groups is 2. The molecule has 3 aliphatic rings. The van der Waals surface area contributed by atoms with Crippen LogP contribution in [0.25, 0.3) is 0 Å². The average molecular weight is 376 g/mol. The molecule has 2 fully saturated rings. The second kappa shape index (κ2) is 8.39. The molecule has 1 aromatic rings. The third kappa shape index (κ3) is 4.50. The van der Waals surface area contributed by atoms with Crippen LogP contribution in [0.2, 0.25) is 0 Å². The Morgan fingerprint density at radius 1 is 1.26 bits per heavy atom. The van der Waals surface area contributed by atoms with Gasteiger partial charge in [-0.1, -0.05) is 6.42 Å². The Balaban J connectivity index is 1.23. The predicted molar refractivity (Wildman–Crippen MR) is 96.6 cm³/mol. The first-order valence-corrected chi connectivity index (χ1v) is 9.99. The lowest BCUT2D eigenvalue weighted by atomic mass is 9.85. The van der Waals surface area contributed by atoms with Crippen molar-refractivity contribution in [1.29, 1.82) is 0 Å². The highest BCUT2D eigenvalue weighted by Crippen LogP contribution is 2.26. The van der Waals surface area contributed by atoms with Gasteiger partial charge in [-0.2, -0.15) is 5.10 Å². The third-order valence-corrected chi connectivity index (χ3v) is 5.67. The molecule has 1 unspecified atom stereocenters. The molecule has 1 aliphatic carbocycles. The summed E-state index contributed by atoms with van der Waals surface area (Å²) in [5.74, 6) is 0.317. The van der Waals surface area contributed by atoms with Gasteiger partial charge in [0, 0.05) is 19.1 Å². The van der Waals surface area contributed by atoms with Crippen LogP contribution in [0.3, 0.4) is 0 Å². The van der Waals surface area contributed by atoms with Gasteiger partial charge in [0.2, 0.25) is 11.8 Å². The van der Waals surface area contributed by atoms with Gasteiger partial charge in [0.25, 0.3) is 0 Å². The highest BCUT2D eigenvalue weighted by Gasteiger charge is 2.26. The standard InChI is InChI=1S/C19H28N4O4/c24-18(13-26-12-17-5-2-8-27-17)22-6-7-23-16(11-22)9-15(21-23)10-20-19(25)14-3-1-4-14/h9,14,17H,1-8,10-13H2,(H,20,25). The molecule has 3 heterocycles. The molecule has 2 aliphatic heterocycles. The Labute approximate surface area is 159 Å². The van der Waals surface area contributed by atoms with Crippen LogP contribution < -0.4 is 5.32 Å². The van der Waals surface area contributed by atoms with Crippen molar-refractivity contribution in [2.45, 2.75) is 57.8 Å². The van der Waals surface area contributed by atoms with Crippen LogP contribution in [0.5, 0.6) is 0 Å². The van der Waals surface area contributed by atoms with E-state index in [9.17, 15) is 9.59 Å². The topological polar surface area (TPSA) is 85.7 Å². The van der Waals surface area contributed by atoms with E-state index in [0.29, 0.717) is 32.8 Å². The molecule has 148 valence electrons. The molecule has 2 amide bonds. The first-order chi connectivity index (χ1) is 13.2. The Hall–Kier alpha value is -1.93. The fourth-order valence-corrected chi connectivity index (χ4v) is 3.76. The molecule has 0 radical (unpaired) electrons. The molecule has 0 aromatic carbocycles. The SMILES string of the molecule is O=C(NCc1cc2n(n1)CCN(C(=O)COCC1CCCO1)C2)C1CCC1. The van der Waals surface area contributed by atoms with E-state index in [2.05, 4.69) is 10.4 Å². The average Bonchev–Trinajstić information content (AvgIpc) is 3.26. The first-order valence-electron chi connectivity index (χ1n) is 9.99. The second-order valence-electron chi connectivity index (χ2n) is 7.66. The van der Waals surface area contributed by atoms with E-state index in [1.165, 1.54) is 0 Å². The predicted octanol–water partition coefficient (Wildman–Crippen LogP) is 0.837. The van der Waals surface area contributed by atoms with Crippen LogP contribution in [-0.4, -0.2) is 59.0 Å². The van der Waals surface area contributed by atoms with Gasteiger partial charge in [0.1, 0.15) is 6.61 Å². The van der Waals surface area contributed by atoms with E-state index in [-0.39, 0.29) is 30.4 Å². The number of hydrogen-bond donors (Lipinski definition) is 1. The number of fused-ring (bicyclic) bond motifs is 1. The molecule has 27 heavy (non-hydrogen) atoms. The molecule has 8 nitrogen and oxygen atoms in total. The summed E-state index contributed by atoms with van der Waals surface area (Å²) in [6, 6.07) is 1.98. The van der Waals surface area contributed by atoms with Crippen molar-refractivity contribution < 1.29 is 19.1 Å². The molecule has 1 atom stereocenters. The number of ether oxygens (including phenoxy) is 2. The van der Waals surface area contributed by atoms with Gasteiger partial charge in [-0.05, 0) is 31.7 Å². The molecular weight excluding hydrogens is 348 g/mol. The van der Waals surface area contributed by atoms with E-state index < -0.39 is 0 Å². The summed E-state index contributed by atoms with van der Waals surface area (Å²) in [4.78, 5) is 26.2. The number of nitrogens with one attached hydrogen (secondary N) is 1. The lowest BCUT2D eigenvalue weighted by molar-refractivity contribution is -0.138. The summed E-state index contributed by atoms with van der Waals surface area (Å²) in [5.41, 5.74) is 1.85. The van der Waals surface area contributed by atoms with Crippen molar-refractivity contribution in [3.63, 3.8) is 0 Å². The lowest BCUT2D eigenvalue weighted by Gasteiger charge is -2.27. The van der Waals surface area contributed by atoms with Gasteiger partial charge in [0.05, 0.1) is 43.7 Å². The number of aromatic nitrogens is 2. The van der Waals surface area contributed by atoms with Gasteiger partial charge < -0.3 is 19.7 Å². The van der Waals surface area contributed by atoms with Crippen molar-refractivity contribution in [2.75, 3.05) is 26.4 Å². The van der Waals surface area contributed by atoms with Gasteiger partial charge in [-0.25, -0.2) is 0 Å². The smallest absolute Gasteiger partial charge is 0.248 e. The molecule has 1 saturated heterocycles. The Kier molecular flexibility index (Phi) is 5.73. The summed E-state index contributed by atoms with van der Waals surface area (Å²) in [6.45, 7) is 3.66. The summed E-state index contributed by atoms with van der Waals surface area (Å²) in [5, 5.41) is 7.52. The van der Waals surface area contributed by atoms with E-state index in [4.69, 9.17) is 9.47 Å². The van der Waals surface area contributed by atoms with E-state index in [1.807, 2.05) is 15.6 Å². The molecule has 0 bridgehead atoms. The van der Waals surface area contributed by atoms with Crippen molar-refractivity contribution in [1.82, 2.24) is 20.0 Å². The van der Waals surface area contributed by atoms with Crippen LogP contribution in [0.15, 0.2) is 6.07 Å². The lowest BCUT2D eigenvalue weighted by Crippen LogP contribution is -2.40. The van der Waals surface area contributed by atoms with E-state index in [0.717, 1.165) is 50.1 Å². The maximum Gasteiger partial charge on any atom is 0.248 e. The maximum absolute atomic E-state index is 12.4. The summed E-state index contributed by atoms with van der Waals surface area (Å²) < 4.78 is 13.0. The summed E-state index contributed by atoms with van der Waals surface area (Å²) in [7, 11) is 0. The molecule has 4 rings (SSSR count). The third-order valence-electron chi connectivity index (χ3n) is 5.67. The number of rotatable bonds is 7. The van der Waals surface area contributed by atoms with Crippen LogP contribution in [0.4, 0.5) is 0 Å². The van der Waals surface area contributed by atoms with Crippen molar-refractivity contribution in [2.24, 2.45) is 5.92 Å². The fourth-order valence-electron chi connectivity index (χ4n) is 3.76. The normalized spacial score (nSPS) is 22.4. The molecule has 1 N–H and O–H groups in total. The summed E-state index contributed by atoms with van der Waals surface area (Å²) >= 11 is 0. The zero-order chi connectivity index (χ0) is 18.6. The molecule has 0 spiro atoms. The van der Waals surface area contributed by atoms with Crippen LogP contribution in [0.1, 0.15) is 43.5 Å². The maximum atomic E-state index is 12.4. The van der Waals surface area contributed by atoms with E-state index >= 15 is 0 Å². The highest BCUT2D eigenvalue weighted by molar-refractivity contribution is 5.79. The quantitative estimate of drug-likeness (QED) is 0.762. The molecule has 1 aromatic heterocycles. The van der Waals surface area contributed by atoms with Crippen LogP contribution in [0, 0.1) is 5.92 Å². The highest BCUT2D eigenvalue weighted by atomic mass is 16.5. The van der Waals surface area contributed by atoms with Crippen LogP contribution >= 0.6 is 0 Å². The number of hydrogen-bond acceptors (Lipinski definition) is 5. The number of carbonyl (C=O) groups excluding carboxylic acids is 2. The summed E-state index contributed by atoms with van der Waals surface area (Å²) in [6.07, 6.45) is 5.37. The minimum Gasteiger partial charge on any atom is -0.376 e. The molecule has 1 saturated carbocycles. The first kappa shape index (κ1) is 18.4. The van der Waals surface area contributed by atoms with Gasteiger partial charge in [0.15, 0.2) is 0 Å². The Morgan fingerprint density at radius 3 is 2.89 bits per heavy atom. The minimum atomic E-state index is 0.000262. The van der Waals surface area contributed by atoms with Crippen molar-refractivity contribution in [3.8, 4) is 0 Å². The fraction of sp³-hybridized carbons (Fsp3) is 0.737. The zero-order valence-electron chi connectivity index (χ0n) is 15.7. The largest absolute Gasteiger partial charge is 0.376 e. The Morgan fingerprint density at radius 2 is 2.15 bits per heavy atom. The van der Waals surface area contributed by atoms with Gasteiger partial charge >= 0.3 is 0 Å². The molecule has 8 heteroatoms.